The summed E-state index contributed by atoms with van der Waals surface area (Å²) < 4.78 is 35.8. The number of imidazole rings is 1. The number of hydrogen-bond donors (Lipinski definition) is 1. The Bertz CT molecular complexity index is 1420. The quantitative estimate of drug-likeness (QED) is 0.189. The van der Waals surface area contributed by atoms with Gasteiger partial charge in [-0.2, -0.15) is 0 Å². The van der Waals surface area contributed by atoms with E-state index in [0.717, 1.165) is 5.56 Å². The Hall–Kier alpha value is -3.31. The second-order valence-corrected chi connectivity index (χ2v) is 8.97. The molecule has 0 bridgehead atoms. The minimum absolute atomic E-state index is 0.105. The molecule has 0 spiro atoms. The molecule has 0 aliphatic heterocycles. The molecule has 8 nitrogen and oxygen atoms in total. The maximum Gasteiger partial charge on any atom is 0.358 e. The molecule has 3 heterocycles. The van der Waals surface area contributed by atoms with Gasteiger partial charge >= 0.3 is 5.97 Å². The van der Waals surface area contributed by atoms with Gasteiger partial charge in [0, 0.05) is 17.8 Å². The third kappa shape index (κ3) is 4.98. The fourth-order valence-corrected chi connectivity index (χ4v) is 4.55. The Morgan fingerprint density at radius 2 is 2.03 bits per heavy atom. The smallest absolute Gasteiger partial charge is 0.358 e. The van der Waals surface area contributed by atoms with E-state index in [9.17, 15) is 13.6 Å². The number of ether oxygens (including phenoxy) is 1. The first kappa shape index (κ1) is 25.8. The SMILES string of the molecule is C=CCn1c(Br)nc(C(=O)OCC)c1C(Nc1cc(C)c2nnc(C(F)F)n2c1)c1ccc(Cl)cc1. The van der Waals surface area contributed by atoms with E-state index in [1.807, 2.05) is 12.1 Å². The molecule has 0 amide bonds. The van der Waals surface area contributed by atoms with E-state index in [1.54, 1.807) is 42.7 Å². The summed E-state index contributed by atoms with van der Waals surface area (Å²) in [6.45, 7) is 7.78. The Morgan fingerprint density at radius 1 is 1.31 bits per heavy atom. The van der Waals surface area contributed by atoms with E-state index in [0.29, 0.717) is 38.9 Å². The molecule has 0 radical (unpaired) electrons. The Kier molecular flexibility index (Phi) is 7.70. The number of halogens is 4. The highest BCUT2D eigenvalue weighted by Gasteiger charge is 2.30. The van der Waals surface area contributed by atoms with Gasteiger partial charge in [-0.25, -0.2) is 18.6 Å². The minimum Gasteiger partial charge on any atom is -0.461 e. The zero-order valence-corrected chi connectivity index (χ0v) is 21.7. The van der Waals surface area contributed by atoms with Gasteiger partial charge in [0.15, 0.2) is 16.1 Å². The van der Waals surface area contributed by atoms with E-state index >= 15 is 0 Å². The highest BCUT2D eigenvalue weighted by molar-refractivity contribution is 9.10. The van der Waals surface area contributed by atoms with Gasteiger partial charge in [0.05, 0.1) is 24.0 Å². The van der Waals surface area contributed by atoms with Crippen molar-refractivity contribution in [2.24, 2.45) is 0 Å². The molecule has 0 aliphatic carbocycles. The molecule has 1 unspecified atom stereocenters. The van der Waals surface area contributed by atoms with Gasteiger partial charge in [-0.05, 0) is 59.1 Å². The molecule has 3 aromatic heterocycles. The van der Waals surface area contributed by atoms with E-state index < -0.39 is 24.3 Å². The second kappa shape index (κ2) is 10.8. The van der Waals surface area contributed by atoms with Crippen LogP contribution in [0.2, 0.25) is 5.02 Å². The monoisotopic (exact) mass is 578 g/mol. The molecule has 4 aromatic rings. The first-order valence-electron chi connectivity index (χ1n) is 10.9. The number of nitrogens with one attached hydrogen (secondary N) is 1. The Morgan fingerprint density at radius 3 is 2.67 bits per heavy atom. The fourth-order valence-electron chi connectivity index (χ4n) is 3.92. The highest BCUT2D eigenvalue weighted by atomic mass is 79.9. The topological polar surface area (TPSA) is 86.3 Å². The van der Waals surface area contributed by atoms with E-state index in [4.69, 9.17) is 16.3 Å². The van der Waals surface area contributed by atoms with Crippen LogP contribution in [0.3, 0.4) is 0 Å². The van der Waals surface area contributed by atoms with Crippen LogP contribution in [0.15, 0.2) is 53.9 Å². The van der Waals surface area contributed by atoms with Crippen LogP contribution in [-0.2, 0) is 11.3 Å². The average Bonchev–Trinajstić information content (AvgIpc) is 3.41. The molecule has 4 rings (SSSR count). The lowest BCUT2D eigenvalue weighted by molar-refractivity contribution is 0.0518. The van der Waals surface area contributed by atoms with E-state index in [-0.39, 0.29) is 12.3 Å². The third-order valence-corrected chi connectivity index (χ3v) is 6.30. The normalized spacial score (nSPS) is 12.2. The second-order valence-electron chi connectivity index (χ2n) is 7.83. The van der Waals surface area contributed by atoms with Crippen LogP contribution in [-0.4, -0.2) is 36.7 Å². The summed E-state index contributed by atoms with van der Waals surface area (Å²) in [6.07, 6.45) is 0.369. The van der Waals surface area contributed by atoms with Gasteiger partial charge in [-0.15, -0.1) is 16.8 Å². The fraction of sp³-hybridized carbons (Fsp3) is 0.250. The average molecular weight is 580 g/mol. The van der Waals surface area contributed by atoms with Gasteiger partial charge in [0.1, 0.15) is 0 Å². The summed E-state index contributed by atoms with van der Waals surface area (Å²) in [5.41, 5.74) is 2.81. The maximum atomic E-state index is 13.5. The van der Waals surface area contributed by atoms with Crippen LogP contribution in [0.4, 0.5) is 14.5 Å². The van der Waals surface area contributed by atoms with Crippen LogP contribution in [0.1, 0.15) is 52.5 Å². The Balaban J connectivity index is 1.92. The third-order valence-electron chi connectivity index (χ3n) is 5.44. The number of carbonyl (C=O) groups is 1. The lowest BCUT2D eigenvalue weighted by atomic mass is 10.0. The summed E-state index contributed by atoms with van der Waals surface area (Å²) in [5.74, 6) is -1.06. The van der Waals surface area contributed by atoms with Crippen molar-refractivity contribution >= 4 is 44.8 Å². The number of alkyl halides is 2. The highest BCUT2D eigenvalue weighted by Crippen LogP contribution is 2.34. The van der Waals surface area contributed by atoms with Gasteiger partial charge in [0.25, 0.3) is 6.43 Å². The lowest BCUT2D eigenvalue weighted by Crippen LogP contribution is -2.21. The van der Waals surface area contributed by atoms with Crippen LogP contribution >= 0.6 is 27.5 Å². The molecule has 12 heteroatoms. The number of rotatable bonds is 9. The van der Waals surface area contributed by atoms with Crippen molar-refractivity contribution < 1.29 is 18.3 Å². The predicted molar refractivity (Wildman–Crippen MR) is 136 cm³/mol. The van der Waals surface area contributed by atoms with Crippen molar-refractivity contribution in [1.29, 1.82) is 0 Å². The van der Waals surface area contributed by atoms with Gasteiger partial charge in [0.2, 0.25) is 5.82 Å². The van der Waals surface area contributed by atoms with Crippen molar-refractivity contribution in [2.75, 3.05) is 11.9 Å². The first-order valence-corrected chi connectivity index (χ1v) is 12.1. The number of nitrogens with zero attached hydrogens (tertiary/aromatic N) is 5. The van der Waals surface area contributed by atoms with Crippen molar-refractivity contribution in [2.45, 2.75) is 32.9 Å². The molecule has 1 N–H and O–H groups in total. The van der Waals surface area contributed by atoms with Gasteiger partial charge in [-0.1, -0.05) is 29.8 Å². The van der Waals surface area contributed by atoms with Gasteiger partial charge in [-0.3, -0.25) is 4.40 Å². The number of hydrogen-bond acceptors (Lipinski definition) is 6. The number of aromatic nitrogens is 5. The molecule has 1 atom stereocenters. The first-order chi connectivity index (χ1) is 17.2. The van der Waals surface area contributed by atoms with Crippen molar-refractivity contribution in [3.05, 3.63) is 87.3 Å². The zero-order chi connectivity index (χ0) is 26.0. The van der Waals surface area contributed by atoms with Crippen molar-refractivity contribution in [1.82, 2.24) is 24.1 Å². The number of fused-ring (bicyclic) bond motifs is 1. The number of benzene rings is 1. The number of esters is 1. The number of carbonyl (C=O) groups excluding carboxylic acids is 1. The Labute approximate surface area is 219 Å². The maximum absolute atomic E-state index is 13.5. The largest absolute Gasteiger partial charge is 0.461 e. The van der Waals surface area contributed by atoms with Crippen LogP contribution < -0.4 is 5.32 Å². The van der Waals surface area contributed by atoms with Crippen molar-refractivity contribution in [3.8, 4) is 0 Å². The molecule has 0 saturated heterocycles. The summed E-state index contributed by atoms with van der Waals surface area (Å²) in [6, 6.07) is 8.19. The molecule has 1 aromatic carbocycles. The summed E-state index contributed by atoms with van der Waals surface area (Å²) in [7, 11) is 0. The standard InChI is InChI=1S/C24H22BrClF2N6O2/c1-4-10-33-19(18(30-24(33)25)23(35)36-5-2)17(14-6-8-15(26)9-7-14)29-16-11-13(3)21-31-32-22(20(27)28)34(21)12-16/h4,6-9,11-12,17,20,29H,1,5,10H2,2-3H3. The van der Waals surface area contributed by atoms with Crippen LogP contribution in [0, 0.1) is 6.92 Å². The number of aryl methyl sites for hydroxylation is 1. The number of pyridine rings is 1. The summed E-state index contributed by atoms with van der Waals surface area (Å²) >= 11 is 9.56. The van der Waals surface area contributed by atoms with Crippen LogP contribution in [0.5, 0.6) is 0 Å². The molecule has 188 valence electrons. The lowest BCUT2D eigenvalue weighted by Gasteiger charge is -2.23. The number of anilines is 1. The summed E-state index contributed by atoms with van der Waals surface area (Å²) in [4.78, 5) is 17.3. The molecular weight excluding hydrogens is 558 g/mol. The minimum atomic E-state index is -2.80. The zero-order valence-electron chi connectivity index (χ0n) is 19.4. The predicted octanol–water partition coefficient (Wildman–Crippen LogP) is 6.15. The molecule has 0 aliphatic rings. The molecule has 0 saturated carbocycles. The summed E-state index contributed by atoms with van der Waals surface area (Å²) in [5, 5.41) is 11.4. The van der Waals surface area contributed by atoms with E-state index in [2.05, 4.69) is 43.0 Å². The molecular formula is C24H22BrClF2N6O2. The van der Waals surface area contributed by atoms with Gasteiger partial charge < -0.3 is 14.6 Å². The van der Waals surface area contributed by atoms with Crippen molar-refractivity contribution in [3.63, 3.8) is 0 Å². The molecule has 0 fully saturated rings. The van der Waals surface area contributed by atoms with E-state index in [1.165, 1.54) is 10.6 Å². The number of allylic oxidation sites excluding steroid dienone is 1. The van der Waals surface area contributed by atoms with Crippen LogP contribution in [0.25, 0.3) is 5.65 Å². The molecule has 36 heavy (non-hydrogen) atoms.